The summed E-state index contributed by atoms with van der Waals surface area (Å²) >= 11 is 0. The van der Waals surface area contributed by atoms with E-state index in [1.807, 2.05) is 0 Å². The Morgan fingerprint density at radius 3 is 2.00 bits per heavy atom. The number of rotatable bonds is 6. The molecule has 0 aliphatic carbocycles. The van der Waals surface area contributed by atoms with Crippen molar-refractivity contribution in [3.63, 3.8) is 0 Å². The molecular formula is C4H13NO7P2. The first-order valence-electron chi connectivity index (χ1n) is 3.42. The van der Waals surface area contributed by atoms with E-state index in [9.17, 15) is 9.13 Å². The molecule has 14 heavy (non-hydrogen) atoms. The van der Waals surface area contributed by atoms with Crippen molar-refractivity contribution in [3.05, 3.63) is 0 Å². The van der Waals surface area contributed by atoms with Crippen molar-refractivity contribution >= 4 is 15.4 Å². The fourth-order valence-corrected chi connectivity index (χ4v) is 2.16. The summed E-state index contributed by atoms with van der Waals surface area (Å²) in [5.74, 6) is 0. The highest BCUT2D eigenvalue weighted by molar-refractivity contribution is 7.53. The lowest BCUT2D eigenvalue weighted by molar-refractivity contribution is 0.144. The Kier molecular flexibility index (Phi) is 5.43. The Hall–Kier alpha value is 0.220. The van der Waals surface area contributed by atoms with Crippen LogP contribution in [0.2, 0.25) is 0 Å². The summed E-state index contributed by atoms with van der Waals surface area (Å²) < 4.78 is 34.7. The third-order valence-corrected chi connectivity index (χ3v) is 3.70. The fourth-order valence-electron chi connectivity index (χ4n) is 0.654. The van der Waals surface area contributed by atoms with E-state index in [1.54, 1.807) is 0 Å². The Balaban J connectivity index is 4.25. The number of phosphoric ester groups is 1. The molecule has 4 N–H and O–H groups in total. The van der Waals surface area contributed by atoms with Gasteiger partial charge < -0.3 is 24.6 Å². The Labute approximate surface area is 81.1 Å². The average molecular weight is 249 g/mol. The van der Waals surface area contributed by atoms with Crippen molar-refractivity contribution in [2.45, 2.75) is 6.23 Å². The molecule has 10 heteroatoms. The lowest BCUT2D eigenvalue weighted by atomic mass is 10.7. The molecule has 1 unspecified atom stereocenters. The lowest BCUT2D eigenvalue weighted by Gasteiger charge is -2.18. The zero-order valence-electron chi connectivity index (χ0n) is 7.69. The third kappa shape index (κ3) is 5.85. The van der Waals surface area contributed by atoms with Crippen molar-refractivity contribution in [1.82, 2.24) is 0 Å². The van der Waals surface area contributed by atoms with Gasteiger partial charge in [0.25, 0.3) is 0 Å². The summed E-state index contributed by atoms with van der Waals surface area (Å²) in [5.41, 5.74) is 5.15. The molecule has 0 rings (SSSR count). The smallest absolute Gasteiger partial charge is 0.312 e. The van der Waals surface area contributed by atoms with Gasteiger partial charge in [0, 0.05) is 14.2 Å². The van der Waals surface area contributed by atoms with Crippen molar-refractivity contribution < 1.29 is 32.5 Å². The Morgan fingerprint density at radius 1 is 1.29 bits per heavy atom. The van der Waals surface area contributed by atoms with Gasteiger partial charge in [-0.05, 0) is 0 Å². The summed E-state index contributed by atoms with van der Waals surface area (Å²) in [6.45, 7) is 0. The van der Waals surface area contributed by atoms with Gasteiger partial charge in [0.05, 0.1) is 6.16 Å². The molecule has 0 spiro atoms. The predicted octanol–water partition coefficient (Wildman–Crippen LogP) is -0.134. The first kappa shape index (κ1) is 14.2. The van der Waals surface area contributed by atoms with E-state index in [2.05, 4.69) is 13.6 Å². The monoisotopic (exact) mass is 249 g/mol. The second-order valence-corrected chi connectivity index (χ2v) is 5.80. The van der Waals surface area contributed by atoms with Crippen molar-refractivity contribution in [2.24, 2.45) is 5.73 Å². The van der Waals surface area contributed by atoms with Crippen LogP contribution in [0.1, 0.15) is 0 Å². The van der Waals surface area contributed by atoms with Crippen molar-refractivity contribution in [2.75, 3.05) is 20.4 Å². The number of phosphoric acid groups is 1. The summed E-state index contributed by atoms with van der Waals surface area (Å²) in [6, 6.07) is 0. The zero-order chi connectivity index (χ0) is 11.4. The molecule has 0 aliphatic rings. The first-order valence-corrected chi connectivity index (χ1v) is 6.68. The van der Waals surface area contributed by atoms with Crippen LogP contribution in [0.4, 0.5) is 0 Å². The standard InChI is InChI=1S/C4H13NO7P2/c1-10-13(6,11-2)3-4(5)12-14(7,8)9/h4H,3,5H2,1-2H3,(H2,7,8,9). The Morgan fingerprint density at radius 2 is 1.71 bits per heavy atom. The lowest BCUT2D eigenvalue weighted by Crippen LogP contribution is -2.27. The highest BCUT2D eigenvalue weighted by atomic mass is 31.2. The van der Waals surface area contributed by atoms with E-state index in [-0.39, 0.29) is 0 Å². The highest BCUT2D eigenvalue weighted by Gasteiger charge is 2.29. The molecule has 0 saturated carbocycles. The maximum absolute atomic E-state index is 11.4. The van der Waals surface area contributed by atoms with E-state index in [0.717, 1.165) is 14.2 Å². The Bertz CT molecular complexity index is 254. The molecule has 0 aromatic heterocycles. The van der Waals surface area contributed by atoms with E-state index >= 15 is 0 Å². The molecule has 0 bridgehead atoms. The molecule has 0 aliphatic heterocycles. The van der Waals surface area contributed by atoms with Crippen LogP contribution in [0.25, 0.3) is 0 Å². The molecular weight excluding hydrogens is 236 g/mol. The zero-order valence-corrected chi connectivity index (χ0v) is 9.48. The molecule has 0 heterocycles. The quantitative estimate of drug-likeness (QED) is 0.438. The van der Waals surface area contributed by atoms with Crippen LogP contribution in [-0.2, 0) is 22.7 Å². The fraction of sp³-hybridized carbons (Fsp3) is 1.00. The van der Waals surface area contributed by atoms with Crippen LogP contribution < -0.4 is 5.73 Å². The van der Waals surface area contributed by atoms with Gasteiger partial charge in [0.15, 0.2) is 0 Å². The predicted molar refractivity (Wildman–Crippen MR) is 47.6 cm³/mol. The van der Waals surface area contributed by atoms with E-state index in [1.165, 1.54) is 0 Å². The summed E-state index contributed by atoms with van der Waals surface area (Å²) in [6.07, 6.45) is -1.85. The van der Waals surface area contributed by atoms with Gasteiger partial charge >= 0.3 is 15.4 Å². The normalized spacial score (nSPS) is 15.5. The van der Waals surface area contributed by atoms with Crippen LogP contribution >= 0.6 is 15.4 Å². The molecule has 0 fully saturated rings. The minimum absolute atomic E-state index is 0.439. The second-order valence-electron chi connectivity index (χ2n) is 2.29. The molecule has 1 atom stereocenters. The maximum atomic E-state index is 11.4. The van der Waals surface area contributed by atoms with Gasteiger partial charge in [-0.3, -0.25) is 9.09 Å². The maximum Gasteiger partial charge on any atom is 0.471 e. The van der Waals surface area contributed by atoms with E-state index in [4.69, 9.17) is 15.5 Å². The van der Waals surface area contributed by atoms with Crippen LogP contribution in [0.15, 0.2) is 0 Å². The number of hydrogen-bond acceptors (Lipinski definition) is 6. The molecule has 0 radical (unpaired) electrons. The first-order chi connectivity index (χ1) is 6.22. The summed E-state index contributed by atoms with van der Waals surface area (Å²) in [7, 11) is -5.84. The highest BCUT2D eigenvalue weighted by Crippen LogP contribution is 2.48. The molecule has 0 amide bonds. The summed E-state index contributed by atoms with van der Waals surface area (Å²) in [4.78, 5) is 16.7. The number of hydrogen-bond donors (Lipinski definition) is 3. The molecule has 8 nitrogen and oxygen atoms in total. The minimum Gasteiger partial charge on any atom is -0.312 e. The van der Waals surface area contributed by atoms with Crippen LogP contribution in [0, 0.1) is 0 Å². The van der Waals surface area contributed by atoms with Crippen LogP contribution in [0.3, 0.4) is 0 Å². The number of nitrogens with two attached hydrogens (primary N) is 1. The minimum atomic E-state index is -4.69. The van der Waals surface area contributed by atoms with Gasteiger partial charge in [-0.25, -0.2) is 4.57 Å². The van der Waals surface area contributed by atoms with Crippen molar-refractivity contribution in [1.29, 1.82) is 0 Å². The van der Waals surface area contributed by atoms with E-state index < -0.39 is 27.8 Å². The van der Waals surface area contributed by atoms with Gasteiger partial charge in [0.1, 0.15) is 6.23 Å². The molecule has 0 aromatic rings. The van der Waals surface area contributed by atoms with E-state index in [0.29, 0.717) is 0 Å². The van der Waals surface area contributed by atoms with Gasteiger partial charge in [-0.15, -0.1) is 0 Å². The summed E-state index contributed by atoms with van der Waals surface area (Å²) in [5, 5.41) is 0. The van der Waals surface area contributed by atoms with Crippen LogP contribution in [0.5, 0.6) is 0 Å². The molecule has 0 aromatic carbocycles. The van der Waals surface area contributed by atoms with Gasteiger partial charge in [-0.1, -0.05) is 0 Å². The van der Waals surface area contributed by atoms with Gasteiger partial charge in [-0.2, -0.15) is 0 Å². The topological polar surface area (TPSA) is 128 Å². The SMILES string of the molecule is COP(=O)(CC(N)OP(=O)(O)O)OC. The average Bonchev–Trinajstić information content (AvgIpc) is 2.00. The molecule has 86 valence electrons. The van der Waals surface area contributed by atoms with Crippen LogP contribution in [-0.4, -0.2) is 36.4 Å². The largest absolute Gasteiger partial charge is 0.471 e. The molecule has 0 saturated heterocycles. The van der Waals surface area contributed by atoms with Gasteiger partial charge in [0.2, 0.25) is 0 Å². The van der Waals surface area contributed by atoms with Crippen molar-refractivity contribution in [3.8, 4) is 0 Å². The third-order valence-electron chi connectivity index (χ3n) is 1.23. The second kappa shape index (κ2) is 5.34.